The van der Waals surface area contributed by atoms with E-state index in [1.807, 2.05) is 0 Å². The smallest absolute Gasteiger partial charge is 0.173 e. The van der Waals surface area contributed by atoms with Crippen LogP contribution in [-0.2, 0) is 0 Å². The van der Waals surface area contributed by atoms with Gasteiger partial charge >= 0.3 is 0 Å². The Bertz CT molecular complexity index is 692. The van der Waals surface area contributed by atoms with Crippen LogP contribution < -0.4 is 15.2 Å². The minimum atomic E-state index is -0.0860. The molecule has 0 heterocycles. The normalized spacial score (nSPS) is 11.3. The Hall–Kier alpha value is -1.92. The number of nitrogens with two attached hydrogens (primary N) is 1. The minimum Gasteiger partial charge on any atom is -0.497 e. The molecule has 3 N–H and O–H groups in total. The number of halogens is 2. The molecule has 0 aliphatic rings. The van der Waals surface area contributed by atoms with Crippen molar-refractivity contribution in [3.8, 4) is 17.2 Å². The van der Waals surface area contributed by atoms with Gasteiger partial charge in [-0.2, -0.15) is 0 Å². The Balaban J connectivity index is 2.40. The maximum Gasteiger partial charge on any atom is 0.173 e. The first-order valence-electron chi connectivity index (χ1n) is 5.84. The number of rotatable bonds is 4. The average molecular weight is 372 g/mol. The second-order valence-electron chi connectivity index (χ2n) is 4.02. The molecule has 5 nitrogen and oxygen atoms in total. The maximum absolute atomic E-state index is 8.83. The van der Waals surface area contributed by atoms with Gasteiger partial charge in [-0.05, 0) is 52.3 Å². The quantitative estimate of drug-likeness (QED) is 0.368. The van der Waals surface area contributed by atoms with E-state index in [-0.39, 0.29) is 5.84 Å². The number of nitrogens with zero attached hydrogens (tertiary/aromatic N) is 1. The standard InChI is InChI=1S/C14H12BrClN2O3/c1-20-9-3-5-13(11(15)7-9)21-12-4-2-8(16)6-10(12)14(17)18-19/h2-7,19H,1H3,(H2,17,18). The molecule has 0 atom stereocenters. The van der Waals surface area contributed by atoms with Crippen molar-refractivity contribution < 1.29 is 14.7 Å². The van der Waals surface area contributed by atoms with Crippen LogP contribution in [0.2, 0.25) is 5.02 Å². The molecule has 0 bridgehead atoms. The number of ether oxygens (including phenoxy) is 2. The lowest BCUT2D eigenvalue weighted by atomic mass is 10.2. The molecule has 0 aromatic heterocycles. The van der Waals surface area contributed by atoms with Crippen molar-refractivity contribution in [2.24, 2.45) is 10.9 Å². The van der Waals surface area contributed by atoms with Crippen LogP contribution in [0.3, 0.4) is 0 Å². The molecule has 0 saturated carbocycles. The lowest BCUT2D eigenvalue weighted by molar-refractivity contribution is 0.318. The molecule has 110 valence electrons. The van der Waals surface area contributed by atoms with Gasteiger partial charge in [0.1, 0.15) is 17.2 Å². The highest BCUT2D eigenvalue weighted by atomic mass is 79.9. The van der Waals surface area contributed by atoms with Crippen LogP contribution >= 0.6 is 27.5 Å². The Morgan fingerprint density at radius 3 is 2.57 bits per heavy atom. The van der Waals surface area contributed by atoms with Gasteiger partial charge in [0.05, 0.1) is 17.1 Å². The summed E-state index contributed by atoms with van der Waals surface area (Å²) in [6, 6.07) is 10.1. The lowest BCUT2D eigenvalue weighted by Crippen LogP contribution is -2.14. The maximum atomic E-state index is 8.83. The molecule has 0 saturated heterocycles. The van der Waals surface area contributed by atoms with Gasteiger partial charge in [-0.15, -0.1) is 0 Å². The van der Waals surface area contributed by atoms with Crippen molar-refractivity contribution in [1.29, 1.82) is 0 Å². The van der Waals surface area contributed by atoms with Crippen LogP contribution in [0.15, 0.2) is 46.0 Å². The monoisotopic (exact) mass is 370 g/mol. The van der Waals surface area contributed by atoms with E-state index < -0.39 is 0 Å². The summed E-state index contributed by atoms with van der Waals surface area (Å²) in [6.07, 6.45) is 0. The zero-order valence-electron chi connectivity index (χ0n) is 11.0. The highest BCUT2D eigenvalue weighted by Crippen LogP contribution is 2.34. The van der Waals surface area contributed by atoms with Crippen molar-refractivity contribution in [1.82, 2.24) is 0 Å². The fourth-order valence-corrected chi connectivity index (χ4v) is 2.27. The summed E-state index contributed by atoms with van der Waals surface area (Å²) < 4.78 is 11.6. The highest BCUT2D eigenvalue weighted by Gasteiger charge is 2.12. The van der Waals surface area contributed by atoms with Gasteiger partial charge in [-0.1, -0.05) is 16.8 Å². The molecule has 0 aliphatic heterocycles. The van der Waals surface area contributed by atoms with Gasteiger partial charge in [0.25, 0.3) is 0 Å². The van der Waals surface area contributed by atoms with E-state index in [2.05, 4.69) is 21.1 Å². The molecule has 7 heteroatoms. The van der Waals surface area contributed by atoms with Crippen LogP contribution in [0.25, 0.3) is 0 Å². The molecule has 0 radical (unpaired) electrons. The minimum absolute atomic E-state index is 0.0860. The molecular weight excluding hydrogens is 360 g/mol. The van der Waals surface area contributed by atoms with E-state index in [1.54, 1.807) is 43.5 Å². The first-order valence-corrected chi connectivity index (χ1v) is 7.01. The van der Waals surface area contributed by atoms with Gasteiger partial charge in [-0.25, -0.2) is 0 Å². The summed E-state index contributed by atoms with van der Waals surface area (Å²) in [5.74, 6) is 1.59. The largest absolute Gasteiger partial charge is 0.497 e. The van der Waals surface area contributed by atoms with Crippen molar-refractivity contribution >= 4 is 33.4 Å². The third-order valence-corrected chi connectivity index (χ3v) is 3.54. The fourth-order valence-electron chi connectivity index (χ4n) is 1.66. The van der Waals surface area contributed by atoms with Crippen LogP contribution in [-0.4, -0.2) is 18.2 Å². The topological polar surface area (TPSA) is 77.1 Å². The van der Waals surface area contributed by atoms with Crippen molar-refractivity contribution in [2.75, 3.05) is 7.11 Å². The van der Waals surface area contributed by atoms with E-state index in [4.69, 9.17) is 32.0 Å². The first kappa shape index (κ1) is 15.5. The van der Waals surface area contributed by atoms with Crippen LogP contribution in [0.1, 0.15) is 5.56 Å². The van der Waals surface area contributed by atoms with E-state index in [0.29, 0.717) is 32.3 Å². The van der Waals surface area contributed by atoms with E-state index >= 15 is 0 Å². The van der Waals surface area contributed by atoms with Crippen molar-refractivity contribution in [2.45, 2.75) is 0 Å². The number of oxime groups is 1. The molecule has 2 aromatic rings. The molecule has 0 unspecified atom stereocenters. The highest BCUT2D eigenvalue weighted by molar-refractivity contribution is 9.10. The molecule has 0 aliphatic carbocycles. The second-order valence-corrected chi connectivity index (χ2v) is 5.31. The number of methoxy groups -OCH3 is 1. The van der Waals surface area contributed by atoms with Gasteiger partial charge < -0.3 is 20.4 Å². The van der Waals surface area contributed by atoms with Gasteiger partial charge in [0.15, 0.2) is 5.84 Å². The Labute approximate surface area is 135 Å². The van der Waals surface area contributed by atoms with Crippen LogP contribution in [0.5, 0.6) is 17.2 Å². The third kappa shape index (κ3) is 3.59. The molecule has 0 fully saturated rings. The van der Waals surface area contributed by atoms with Gasteiger partial charge in [0.2, 0.25) is 0 Å². The van der Waals surface area contributed by atoms with E-state index in [0.717, 1.165) is 0 Å². The molecule has 0 amide bonds. The predicted molar refractivity (Wildman–Crippen MR) is 84.7 cm³/mol. The third-order valence-electron chi connectivity index (χ3n) is 2.68. The Morgan fingerprint density at radius 2 is 1.95 bits per heavy atom. The fraction of sp³-hybridized carbons (Fsp3) is 0.0714. The first-order chi connectivity index (χ1) is 10.0. The number of hydrogen-bond donors (Lipinski definition) is 2. The summed E-state index contributed by atoms with van der Waals surface area (Å²) >= 11 is 9.31. The van der Waals surface area contributed by atoms with Gasteiger partial charge in [0, 0.05) is 5.02 Å². The number of amidine groups is 1. The predicted octanol–water partition coefficient (Wildman–Crippen LogP) is 4.00. The summed E-state index contributed by atoms with van der Waals surface area (Å²) in [4.78, 5) is 0. The lowest BCUT2D eigenvalue weighted by Gasteiger charge is -2.12. The summed E-state index contributed by atoms with van der Waals surface area (Å²) in [7, 11) is 1.58. The van der Waals surface area contributed by atoms with Crippen LogP contribution in [0, 0.1) is 0 Å². The summed E-state index contributed by atoms with van der Waals surface area (Å²) in [5.41, 5.74) is 6.03. The zero-order chi connectivity index (χ0) is 15.4. The molecule has 0 spiro atoms. The molecule has 2 aromatic carbocycles. The summed E-state index contributed by atoms with van der Waals surface area (Å²) in [5, 5.41) is 12.3. The van der Waals surface area contributed by atoms with Crippen molar-refractivity contribution in [3.63, 3.8) is 0 Å². The van der Waals surface area contributed by atoms with Gasteiger partial charge in [-0.3, -0.25) is 0 Å². The van der Waals surface area contributed by atoms with Crippen LogP contribution in [0.4, 0.5) is 0 Å². The second kappa shape index (κ2) is 6.69. The van der Waals surface area contributed by atoms with E-state index in [1.165, 1.54) is 0 Å². The SMILES string of the molecule is COc1ccc(Oc2ccc(Cl)cc2/C(N)=N/O)c(Br)c1. The number of benzene rings is 2. The molecule has 2 rings (SSSR count). The molecular formula is C14H12BrClN2O3. The summed E-state index contributed by atoms with van der Waals surface area (Å²) in [6.45, 7) is 0. The zero-order valence-corrected chi connectivity index (χ0v) is 13.4. The number of hydrogen-bond acceptors (Lipinski definition) is 4. The Kier molecular flexibility index (Phi) is 4.93. The van der Waals surface area contributed by atoms with Crippen molar-refractivity contribution in [3.05, 3.63) is 51.5 Å². The average Bonchev–Trinajstić information content (AvgIpc) is 2.49. The molecule has 21 heavy (non-hydrogen) atoms. The van der Waals surface area contributed by atoms with E-state index in [9.17, 15) is 0 Å². The Morgan fingerprint density at radius 1 is 1.24 bits per heavy atom.